The van der Waals surface area contributed by atoms with E-state index in [2.05, 4.69) is 5.32 Å². The molecular formula is C13H21NO4. The minimum Gasteiger partial charge on any atom is -0.480 e. The van der Waals surface area contributed by atoms with E-state index in [0.717, 1.165) is 12.8 Å². The number of alkyl carbamates (subject to hydrolysis) is 1. The van der Waals surface area contributed by atoms with Crippen molar-refractivity contribution in [1.29, 1.82) is 0 Å². The molecule has 0 bridgehead atoms. The Morgan fingerprint density at radius 3 is 2.11 bits per heavy atom. The number of amides is 1. The number of carboxylic acid groups (broad SMARTS) is 1. The highest BCUT2D eigenvalue weighted by molar-refractivity contribution is 5.86. The maximum atomic E-state index is 11.7. The normalized spacial score (nSPS) is 23.7. The molecule has 18 heavy (non-hydrogen) atoms. The van der Waals surface area contributed by atoms with E-state index in [-0.39, 0.29) is 5.41 Å². The van der Waals surface area contributed by atoms with Gasteiger partial charge in [-0.15, -0.1) is 0 Å². The first-order chi connectivity index (χ1) is 8.17. The highest BCUT2D eigenvalue weighted by Gasteiger charge is 2.62. The molecular weight excluding hydrogens is 234 g/mol. The molecule has 0 aliphatic heterocycles. The summed E-state index contributed by atoms with van der Waals surface area (Å²) in [4.78, 5) is 23.1. The van der Waals surface area contributed by atoms with Crippen molar-refractivity contribution < 1.29 is 19.4 Å². The topological polar surface area (TPSA) is 75.6 Å². The standard InChI is InChI=1S/C13H21NO4/c1-11(2,3)18-10(17)14-13(9(15)16)7-12(8-13)5-4-6-12/h4-8H2,1-3H3,(H,14,17)(H,15,16). The second-order valence-electron chi connectivity index (χ2n) is 6.72. The summed E-state index contributed by atoms with van der Waals surface area (Å²) < 4.78 is 5.13. The number of ether oxygens (including phenoxy) is 1. The van der Waals surface area contributed by atoms with E-state index < -0.39 is 23.2 Å². The van der Waals surface area contributed by atoms with E-state index in [0.29, 0.717) is 12.8 Å². The molecule has 0 saturated heterocycles. The van der Waals surface area contributed by atoms with Crippen LogP contribution in [0.3, 0.4) is 0 Å². The molecule has 0 radical (unpaired) electrons. The Kier molecular flexibility index (Phi) is 2.83. The molecule has 0 aromatic rings. The molecule has 2 aliphatic carbocycles. The van der Waals surface area contributed by atoms with Crippen LogP contribution in [0.15, 0.2) is 0 Å². The van der Waals surface area contributed by atoms with E-state index >= 15 is 0 Å². The van der Waals surface area contributed by atoms with E-state index in [1.54, 1.807) is 20.8 Å². The number of hydrogen-bond donors (Lipinski definition) is 2. The largest absolute Gasteiger partial charge is 0.480 e. The van der Waals surface area contributed by atoms with Crippen molar-refractivity contribution in [1.82, 2.24) is 5.32 Å². The van der Waals surface area contributed by atoms with Gasteiger partial charge in [-0.05, 0) is 51.9 Å². The third kappa shape index (κ3) is 2.31. The minimum atomic E-state index is -1.11. The lowest BCUT2D eigenvalue weighted by Crippen LogP contribution is -2.68. The molecule has 0 aromatic heterocycles. The summed E-state index contributed by atoms with van der Waals surface area (Å²) in [5.74, 6) is -0.953. The Morgan fingerprint density at radius 2 is 1.78 bits per heavy atom. The summed E-state index contributed by atoms with van der Waals surface area (Å²) in [6.07, 6.45) is 3.76. The van der Waals surface area contributed by atoms with Gasteiger partial charge in [0.1, 0.15) is 11.1 Å². The van der Waals surface area contributed by atoms with Crippen LogP contribution in [0.25, 0.3) is 0 Å². The zero-order valence-corrected chi connectivity index (χ0v) is 11.2. The van der Waals surface area contributed by atoms with Crippen LogP contribution in [0.4, 0.5) is 4.79 Å². The van der Waals surface area contributed by atoms with Crippen LogP contribution in [0, 0.1) is 5.41 Å². The van der Waals surface area contributed by atoms with E-state index in [1.165, 1.54) is 6.42 Å². The molecule has 0 unspecified atom stereocenters. The second-order valence-corrected chi connectivity index (χ2v) is 6.72. The monoisotopic (exact) mass is 255 g/mol. The summed E-state index contributed by atoms with van der Waals surface area (Å²) in [6, 6.07) is 0. The van der Waals surface area contributed by atoms with Crippen LogP contribution < -0.4 is 5.32 Å². The Balaban J connectivity index is 1.96. The molecule has 2 N–H and O–H groups in total. The molecule has 2 rings (SSSR count). The van der Waals surface area contributed by atoms with Crippen molar-refractivity contribution in [3.05, 3.63) is 0 Å². The Hall–Kier alpha value is -1.26. The lowest BCUT2D eigenvalue weighted by Gasteiger charge is -2.58. The molecule has 1 spiro atoms. The van der Waals surface area contributed by atoms with E-state index in [1.807, 2.05) is 0 Å². The summed E-state index contributed by atoms with van der Waals surface area (Å²) in [7, 11) is 0. The molecule has 0 heterocycles. The maximum Gasteiger partial charge on any atom is 0.408 e. The van der Waals surface area contributed by atoms with Crippen molar-refractivity contribution in [3.63, 3.8) is 0 Å². The maximum absolute atomic E-state index is 11.7. The number of nitrogens with one attached hydrogen (secondary N) is 1. The van der Waals surface area contributed by atoms with Gasteiger partial charge < -0.3 is 15.2 Å². The summed E-state index contributed by atoms with van der Waals surface area (Å²) >= 11 is 0. The Morgan fingerprint density at radius 1 is 1.22 bits per heavy atom. The molecule has 1 amide bonds. The van der Waals surface area contributed by atoms with Crippen LogP contribution in [0.5, 0.6) is 0 Å². The highest BCUT2D eigenvalue weighted by Crippen LogP contribution is 2.60. The second kappa shape index (κ2) is 3.87. The van der Waals surface area contributed by atoms with Gasteiger partial charge in [-0.3, -0.25) is 0 Å². The highest BCUT2D eigenvalue weighted by atomic mass is 16.6. The van der Waals surface area contributed by atoms with Crippen molar-refractivity contribution in [2.45, 2.75) is 64.0 Å². The molecule has 2 saturated carbocycles. The van der Waals surface area contributed by atoms with Crippen molar-refractivity contribution in [2.75, 3.05) is 0 Å². The first kappa shape index (κ1) is 13.2. The SMILES string of the molecule is CC(C)(C)OC(=O)NC1(C(=O)O)CC2(CCC2)C1. The number of carboxylic acids is 1. The summed E-state index contributed by atoms with van der Waals surface area (Å²) in [5, 5.41) is 11.9. The Labute approximate surface area is 107 Å². The van der Waals surface area contributed by atoms with Gasteiger partial charge in [0, 0.05) is 0 Å². The molecule has 0 aromatic carbocycles. The van der Waals surface area contributed by atoms with Gasteiger partial charge >= 0.3 is 12.1 Å². The number of aliphatic carboxylic acids is 1. The van der Waals surface area contributed by atoms with Crippen LogP contribution in [0.1, 0.15) is 52.9 Å². The van der Waals surface area contributed by atoms with Gasteiger partial charge in [0.05, 0.1) is 0 Å². The van der Waals surface area contributed by atoms with Crippen molar-refractivity contribution in [3.8, 4) is 0 Å². The van der Waals surface area contributed by atoms with Gasteiger partial charge in [-0.25, -0.2) is 9.59 Å². The average molecular weight is 255 g/mol. The molecule has 5 nitrogen and oxygen atoms in total. The average Bonchev–Trinajstić information content (AvgIpc) is 2.03. The quantitative estimate of drug-likeness (QED) is 0.793. The third-order valence-corrected chi connectivity index (χ3v) is 3.92. The molecule has 2 fully saturated rings. The molecule has 102 valence electrons. The fraction of sp³-hybridized carbons (Fsp3) is 0.846. The zero-order valence-electron chi connectivity index (χ0n) is 11.2. The first-order valence-corrected chi connectivity index (χ1v) is 6.41. The van der Waals surface area contributed by atoms with Crippen LogP contribution >= 0.6 is 0 Å². The molecule has 0 atom stereocenters. The zero-order chi connectivity index (χ0) is 13.6. The van der Waals surface area contributed by atoms with Crippen molar-refractivity contribution >= 4 is 12.1 Å². The third-order valence-electron chi connectivity index (χ3n) is 3.92. The van der Waals surface area contributed by atoms with Gasteiger partial charge in [-0.1, -0.05) is 6.42 Å². The van der Waals surface area contributed by atoms with Crippen molar-refractivity contribution in [2.24, 2.45) is 5.41 Å². The van der Waals surface area contributed by atoms with Crippen LogP contribution in [-0.2, 0) is 9.53 Å². The fourth-order valence-corrected chi connectivity index (χ4v) is 3.05. The number of hydrogen-bond acceptors (Lipinski definition) is 3. The van der Waals surface area contributed by atoms with E-state index in [9.17, 15) is 14.7 Å². The smallest absolute Gasteiger partial charge is 0.408 e. The number of carbonyl (C=O) groups excluding carboxylic acids is 1. The Bertz CT molecular complexity index is 371. The number of rotatable bonds is 2. The lowest BCUT2D eigenvalue weighted by atomic mass is 9.48. The van der Waals surface area contributed by atoms with Gasteiger partial charge in [0.25, 0.3) is 0 Å². The minimum absolute atomic E-state index is 0.174. The van der Waals surface area contributed by atoms with Crippen LogP contribution in [-0.4, -0.2) is 28.3 Å². The predicted octanol–water partition coefficient (Wildman–Crippen LogP) is 2.30. The van der Waals surface area contributed by atoms with Crippen LogP contribution in [0.2, 0.25) is 0 Å². The first-order valence-electron chi connectivity index (χ1n) is 6.41. The van der Waals surface area contributed by atoms with E-state index in [4.69, 9.17) is 4.74 Å². The van der Waals surface area contributed by atoms with Gasteiger partial charge in [0.2, 0.25) is 0 Å². The van der Waals surface area contributed by atoms with Gasteiger partial charge in [-0.2, -0.15) is 0 Å². The summed E-state index contributed by atoms with van der Waals surface area (Å²) in [5.41, 5.74) is -1.54. The molecule has 5 heteroatoms. The van der Waals surface area contributed by atoms with Gasteiger partial charge in [0.15, 0.2) is 0 Å². The fourth-order valence-electron chi connectivity index (χ4n) is 3.05. The predicted molar refractivity (Wildman–Crippen MR) is 65.3 cm³/mol. The summed E-state index contributed by atoms with van der Waals surface area (Å²) in [6.45, 7) is 5.27. The molecule has 2 aliphatic rings. The number of carbonyl (C=O) groups is 2. The lowest BCUT2D eigenvalue weighted by molar-refractivity contribution is -0.162.